The van der Waals surface area contributed by atoms with Crippen molar-refractivity contribution in [1.82, 2.24) is 0 Å². The Kier molecular flexibility index (Phi) is 8.98. The molecule has 0 aliphatic carbocycles. The third-order valence-corrected chi connectivity index (χ3v) is 9.60. The predicted octanol–water partition coefficient (Wildman–Crippen LogP) is 6.20. The smallest absolute Gasteiger partial charge is 0.346 e. The number of rotatable bonds is 10. The van der Waals surface area contributed by atoms with E-state index in [9.17, 15) is 17.6 Å². The molecular weight excluding hydrogens is 501 g/mol. The van der Waals surface area contributed by atoms with Gasteiger partial charge in [-0.05, 0) is 44.2 Å². The zero-order chi connectivity index (χ0) is 26.6. The molecule has 9 heteroatoms. The number of unbranched alkanes of at least 4 members (excludes halogenated alkanes) is 1. The van der Waals surface area contributed by atoms with Crippen LogP contribution < -0.4 is 9.64 Å². The molecule has 1 aliphatic heterocycles. The Bertz CT molecular complexity index is 1170. The van der Waals surface area contributed by atoms with E-state index >= 15 is 0 Å². The lowest BCUT2D eigenvalue weighted by molar-refractivity contribution is -0.155. The fraction of sp³-hybridized carbons (Fsp3) is 0.519. The van der Waals surface area contributed by atoms with Gasteiger partial charge in [0.15, 0.2) is 9.84 Å². The predicted molar refractivity (Wildman–Crippen MR) is 143 cm³/mol. The average molecular weight is 538 g/mol. The molecule has 3 rings (SSSR count). The minimum Gasteiger partial charge on any atom is -0.488 e. The maximum atomic E-state index is 14.8. The number of para-hydroxylation sites is 1. The maximum absolute atomic E-state index is 14.8. The number of carbonyl (C=O) groups excluding carboxylic acids is 1. The van der Waals surface area contributed by atoms with Crippen molar-refractivity contribution < 1.29 is 27.1 Å². The van der Waals surface area contributed by atoms with Crippen molar-refractivity contribution in [2.24, 2.45) is 5.41 Å². The second-order valence-corrected chi connectivity index (χ2v) is 12.4. The molecule has 1 heterocycles. The minimum atomic E-state index is -3.71. The molecule has 2 atom stereocenters. The minimum absolute atomic E-state index is 0.0217. The number of ether oxygens (including phenoxy) is 2. The highest BCUT2D eigenvalue weighted by molar-refractivity contribution is 7.98. The van der Waals surface area contributed by atoms with Crippen LogP contribution in [0.2, 0.25) is 0 Å². The number of halogens is 1. The fourth-order valence-corrected chi connectivity index (χ4v) is 7.35. The highest BCUT2D eigenvalue weighted by Crippen LogP contribution is 2.47. The number of anilines is 2. The topological polar surface area (TPSA) is 72.9 Å². The number of alkyl halides is 1. The van der Waals surface area contributed by atoms with E-state index in [0.717, 1.165) is 45.4 Å². The van der Waals surface area contributed by atoms with Crippen LogP contribution in [-0.2, 0) is 19.4 Å². The standard InChI is InChI=1S/C27H36FNO5S2/c1-6-8-14-27(7-2)17-29(20-12-10-9-11-13-20)21-15-23(35-5)22(16-24(21)36(31,32)19-27)34-18-26(3,28)25(30)33-4/h9-13,15-16H,6-8,14,17-19H2,1-5H3/t26-,27?/m0/s1. The largest absolute Gasteiger partial charge is 0.488 e. The van der Waals surface area contributed by atoms with Gasteiger partial charge in [-0.2, -0.15) is 0 Å². The van der Waals surface area contributed by atoms with Crippen molar-refractivity contribution in [2.45, 2.75) is 61.9 Å². The molecule has 6 nitrogen and oxygen atoms in total. The number of carbonyl (C=O) groups is 1. The highest BCUT2D eigenvalue weighted by atomic mass is 32.2. The number of esters is 1. The Morgan fingerprint density at radius 1 is 1.22 bits per heavy atom. The molecule has 36 heavy (non-hydrogen) atoms. The van der Waals surface area contributed by atoms with Crippen LogP contribution in [0, 0.1) is 5.41 Å². The van der Waals surface area contributed by atoms with Crippen LogP contribution in [0.4, 0.5) is 15.8 Å². The molecule has 0 aromatic heterocycles. The lowest BCUT2D eigenvalue weighted by Crippen LogP contribution is -2.38. The maximum Gasteiger partial charge on any atom is 0.346 e. The lowest BCUT2D eigenvalue weighted by atomic mass is 9.81. The molecule has 0 bridgehead atoms. The summed E-state index contributed by atoms with van der Waals surface area (Å²) < 4.78 is 52.8. The summed E-state index contributed by atoms with van der Waals surface area (Å²) in [4.78, 5) is 14.7. The van der Waals surface area contributed by atoms with Gasteiger partial charge >= 0.3 is 5.97 Å². The molecule has 0 spiro atoms. The second-order valence-electron chi connectivity index (χ2n) is 9.59. The van der Waals surface area contributed by atoms with E-state index in [-0.39, 0.29) is 16.4 Å². The molecular formula is C27H36FNO5S2. The Labute approximate surface area is 218 Å². The number of fused-ring (bicyclic) bond motifs is 1. The van der Waals surface area contributed by atoms with Crippen LogP contribution in [0.5, 0.6) is 5.75 Å². The van der Waals surface area contributed by atoms with Gasteiger partial charge in [0.25, 0.3) is 0 Å². The van der Waals surface area contributed by atoms with Gasteiger partial charge in [-0.15, -0.1) is 11.8 Å². The van der Waals surface area contributed by atoms with Crippen LogP contribution in [0.25, 0.3) is 0 Å². The summed E-state index contributed by atoms with van der Waals surface area (Å²) in [6.45, 7) is 5.22. The Morgan fingerprint density at radius 2 is 1.92 bits per heavy atom. The molecule has 0 fully saturated rings. The van der Waals surface area contributed by atoms with E-state index in [1.807, 2.05) is 36.6 Å². The van der Waals surface area contributed by atoms with Gasteiger partial charge < -0.3 is 14.4 Å². The van der Waals surface area contributed by atoms with E-state index in [4.69, 9.17) is 4.74 Å². The molecule has 1 unspecified atom stereocenters. The zero-order valence-electron chi connectivity index (χ0n) is 21.7. The molecule has 0 saturated heterocycles. The first-order valence-electron chi connectivity index (χ1n) is 12.2. The number of methoxy groups -OCH3 is 1. The number of benzene rings is 2. The first kappa shape index (κ1) is 28.3. The first-order chi connectivity index (χ1) is 17.0. The summed E-state index contributed by atoms with van der Waals surface area (Å²) in [7, 11) is -2.60. The monoisotopic (exact) mass is 537 g/mol. The van der Waals surface area contributed by atoms with Crippen molar-refractivity contribution in [1.29, 1.82) is 0 Å². The van der Waals surface area contributed by atoms with Gasteiger partial charge in [-0.3, -0.25) is 0 Å². The van der Waals surface area contributed by atoms with Crippen LogP contribution in [0.1, 0.15) is 46.5 Å². The molecule has 2 aromatic carbocycles. The fourth-order valence-electron chi connectivity index (χ4n) is 4.63. The summed E-state index contributed by atoms with van der Waals surface area (Å²) >= 11 is 1.37. The summed E-state index contributed by atoms with van der Waals surface area (Å²) in [5.74, 6) is -0.800. The molecule has 1 aliphatic rings. The molecule has 0 radical (unpaired) electrons. The number of hydrogen-bond donors (Lipinski definition) is 0. The van der Waals surface area contributed by atoms with Gasteiger partial charge in [-0.1, -0.05) is 44.9 Å². The summed E-state index contributed by atoms with van der Waals surface area (Å²) in [6, 6.07) is 13.1. The van der Waals surface area contributed by atoms with Gasteiger partial charge in [0.05, 0.1) is 28.3 Å². The molecule has 0 N–H and O–H groups in total. The van der Waals surface area contributed by atoms with E-state index in [2.05, 4.69) is 23.5 Å². The van der Waals surface area contributed by atoms with Crippen molar-refractivity contribution in [3.63, 3.8) is 0 Å². The van der Waals surface area contributed by atoms with Crippen molar-refractivity contribution in [2.75, 3.05) is 37.2 Å². The summed E-state index contributed by atoms with van der Waals surface area (Å²) in [5.41, 5.74) is -1.30. The van der Waals surface area contributed by atoms with Crippen LogP contribution in [0.3, 0.4) is 0 Å². The van der Waals surface area contributed by atoms with Crippen molar-refractivity contribution in [3.05, 3.63) is 42.5 Å². The van der Waals surface area contributed by atoms with Crippen LogP contribution >= 0.6 is 11.8 Å². The lowest BCUT2D eigenvalue weighted by Gasteiger charge is -2.36. The van der Waals surface area contributed by atoms with E-state index in [1.54, 1.807) is 6.07 Å². The van der Waals surface area contributed by atoms with Gasteiger partial charge in [0.2, 0.25) is 5.67 Å². The quantitative estimate of drug-likeness (QED) is 0.264. The number of hydrogen-bond acceptors (Lipinski definition) is 7. The average Bonchev–Trinajstić information content (AvgIpc) is 2.97. The van der Waals surface area contributed by atoms with Crippen molar-refractivity contribution >= 4 is 38.9 Å². The summed E-state index contributed by atoms with van der Waals surface area (Å²) in [5, 5.41) is 0. The Balaban J connectivity index is 2.17. The first-order valence-corrected chi connectivity index (χ1v) is 15.1. The number of thioether (sulfide) groups is 1. The molecule has 198 valence electrons. The van der Waals surface area contributed by atoms with E-state index in [0.29, 0.717) is 17.1 Å². The normalized spacial score (nSPS) is 20.7. The molecule has 0 amide bonds. The SMILES string of the molecule is CCCCC1(CC)CN(c2ccccc2)c2cc(SC)c(OC[C@](C)(F)C(=O)OC)cc2S(=O)(=O)C1. The van der Waals surface area contributed by atoms with Crippen LogP contribution in [-0.4, -0.2) is 52.3 Å². The van der Waals surface area contributed by atoms with Crippen molar-refractivity contribution in [3.8, 4) is 5.75 Å². The number of nitrogens with zero attached hydrogens (tertiary/aromatic N) is 1. The van der Waals surface area contributed by atoms with E-state index in [1.165, 1.54) is 17.8 Å². The number of sulfone groups is 1. The third kappa shape index (κ3) is 5.99. The third-order valence-electron chi connectivity index (χ3n) is 6.85. The summed E-state index contributed by atoms with van der Waals surface area (Å²) in [6.07, 6.45) is 5.29. The van der Waals surface area contributed by atoms with E-state index < -0.39 is 33.5 Å². The molecule has 0 saturated carbocycles. The van der Waals surface area contributed by atoms with Gasteiger partial charge in [0, 0.05) is 23.7 Å². The van der Waals surface area contributed by atoms with Gasteiger partial charge in [-0.25, -0.2) is 17.6 Å². The Morgan fingerprint density at radius 3 is 2.50 bits per heavy atom. The Hall–Kier alpha value is -2.26. The molecule has 2 aromatic rings. The highest BCUT2D eigenvalue weighted by Gasteiger charge is 2.42. The zero-order valence-corrected chi connectivity index (χ0v) is 23.3. The van der Waals surface area contributed by atoms with Gasteiger partial charge in [0.1, 0.15) is 12.4 Å². The second kappa shape index (κ2) is 11.4. The van der Waals surface area contributed by atoms with Crippen LogP contribution in [0.15, 0.2) is 52.3 Å².